The van der Waals surface area contributed by atoms with Crippen molar-refractivity contribution in [3.05, 3.63) is 53.2 Å². The topological polar surface area (TPSA) is 101 Å². The number of esters is 3. The van der Waals surface area contributed by atoms with Crippen LogP contribution in [0.25, 0.3) is 0 Å². The zero-order valence-electron chi connectivity index (χ0n) is 15.9. The van der Waals surface area contributed by atoms with Crippen molar-refractivity contribution in [3.8, 4) is 11.6 Å². The van der Waals surface area contributed by atoms with Crippen LogP contribution >= 0.6 is 0 Å². The van der Waals surface area contributed by atoms with E-state index in [-0.39, 0.29) is 48.1 Å². The van der Waals surface area contributed by atoms with Gasteiger partial charge in [0.1, 0.15) is 5.75 Å². The summed E-state index contributed by atoms with van der Waals surface area (Å²) < 4.78 is 20.5. The fourth-order valence-electron chi connectivity index (χ4n) is 2.22. The van der Waals surface area contributed by atoms with Gasteiger partial charge >= 0.3 is 17.9 Å². The normalized spacial score (nSPS) is 10.1. The molecule has 0 atom stereocenters. The summed E-state index contributed by atoms with van der Waals surface area (Å²) in [5.74, 6) is -1.31. The minimum absolute atomic E-state index is 0.144. The van der Waals surface area contributed by atoms with Crippen molar-refractivity contribution in [1.29, 1.82) is 0 Å². The standard InChI is InChI=1S/C20H21NO7/c1-4-25-18(22)13-7-8-17(21-12-13)28-16-10-14(19(23)26-5-2)9-15(11-16)20(24)27-6-3/h7-12H,4-6H2,1-3H3. The summed E-state index contributed by atoms with van der Waals surface area (Å²) in [7, 11) is 0. The van der Waals surface area contributed by atoms with Crippen LogP contribution in [-0.4, -0.2) is 42.7 Å². The van der Waals surface area contributed by atoms with Crippen molar-refractivity contribution in [2.45, 2.75) is 20.8 Å². The molecule has 0 aliphatic carbocycles. The van der Waals surface area contributed by atoms with Gasteiger partial charge in [-0.1, -0.05) is 0 Å². The molecule has 28 heavy (non-hydrogen) atoms. The van der Waals surface area contributed by atoms with Crippen LogP contribution in [0.4, 0.5) is 0 Å². The van der Waals surface area contributed by atoms with Gasteiger partial charge in [-0.2, -0.15) is 0 Å². The Kier molecular flexibility index (Phi) is 7.50. The summed E-state index contributed by atoms with van der Waals surface area (Å²) in [5, 5.41) is 0. The zero-order chi connectivity index (χ0) is 20.5. The molecule has 0 saturated heterocycles. The third kappa shape index (κ3) is 5.54. The highest BCUT2D eigenvalue weighted by molar-refractivity contribution is 5.96. The van der Waals surface area contributed by atoms with Crippen LogP contribution in [-0.2, 0) is 14.2 Å². The second kappa shape index (κ2) is 10.1. The highest BCUT2D eigenvalue weighted by Gasteiger charge is 2.16. The maximum Gasteiger partial charge on any atom is 0.339 e. The molecule has 2 aromatic rings. The van der Waals surface area contributed by atoms with E-state index >= 15 is 0 Å². The summed E-state index contributed by atoms with van der Waals surface area (Å²) >= 11 is 0. The monoisotopic (exact) mass is 387 g/mol. The number of hydrogen-bond acceptors (Lipinski definition) is 8. The molecule has 0 N–H and O–H groups in total. The second-order valence-corrected chi connectivity index (χ2v) is 5.39. The number of carbonyl (C=O) groups is 3. The summed E-state index contributed by atoms with van der Waals surface area (Å²) in [6.07, 6.45) is 1.31. The Hall–Kier alpha value is -3.42. The molecule has 0 radical (unpaired) electrons. The van der Waals surface area contributed by atoms with E-state index in [1.54, 1.807) is 20.8 Å². The number of pyridine rings is 1. The maximum absolute atomic E-state index is 12.1. The molecule has 2 rings (SSSR count). The molecule has 0 fully saturated rings. The Bertz CT molecular complexity index is 810. The molecule has 0 saturated carbocycles. The Balaban J connectivity index is 2.29. The number of aromatic nitrogens is 1. The van der Waals surface area contributed by atoms with Gasteiger partial charge in [-0.15, -0.1) is 0 Å². The van der Waals surface area contributed by atoms with Gasteiger partial charge in [-0.25, -0.2) is 19.4 Å². The minimum atomic E-state index is -0.593. The first kappa shape index (κ1) is 20.9. The molecule has 0 amide bonds. The van der Waals surface area contributed by atoms with E-state index in [2.05, 4.69) is 4.98 Å². The number of rotatable bonds is 8. The van der Waals surface area contributed by atoms with E-state index in [1.165, 1.54) is 36.5 Å². The van der Waals surface area contributed by atoms with Crippen molar-refractivity contribution in [3.63, 3.8) is 0 Å². The Morgan fingerprint density at radius 2 is 1.25 bits per heavy atom. The van der Waals surface area contributed by atoms with Crippen LogP contribution in [0, 0.1) is 0 Å². The minimum Gasteiger partial charge on any atom is -0.462 e. The van der Waals surface area contributed by atoms with Gasteiger partial charge in [-0.05, 0) is 45.0 Å². The Morgan fingerprint density at radius 1 is 0.750 bits per heavy atom. The Labute approximate surface area is 162 Å². The quantitative estimate of drug-likeness (QED) is 0.502. The third-order valence-electron chi connectivity index (χ3n) is 3.40. The second-order valence-electron chi connectivity index (χ2n) is 5.39. The number of nitrogens with zero attached hydrogens (tertiary/aromatic N) is 1. The number of ether oxygens (including phenoxy) is 4. The van der Waals surface area contributed by atoms with Crippen LogP contribution in [0.3, 0.4) is 0 Å². The van der Waals surface area contributed by atoms with E-state index in [0.717, 1.165) is 0 Å². The largest absolute Gasteiger partial charge is 0.462 e. The summed E-state index contributed by atoms with van der Waals surface area (Å²) in [6.45, 7) is 5.71. The van der Waals surface area contributed by atoms with E-state index < -0.39 is 17.9 Å². The first-order chi connectivity index (χ1) is 13.5. The van der Waals surface area contributed by atoms with Crippen LogP contribution in [0.2, 0.25) is 0 Å². The lowest BCUT2D eigenvalue weighted by Gasteiger charge is -2.10. The van der Waals surface area contributed by atoms with Gasteiger partial charge in [0, 0.05) is 12.3 Å². The molecule has 0 bridgehead atoms. The fraction of sp³-hybridized carbons (Fsp3) is 0.300. The molecule has 8 nitrogen and oxygen atoms in total. The summed E-state index contributed by atoms with van der Waals surface area (Å²) in [5.41, 5.74) is 0.567. The van der Waals surface area contributed by atoms with Crippen LogP contribution in [0.15, 0.2) is 36.5 Å². The summed E-state index contributed by atoms with van der Waals surface area (Å²) in [4.78, 5) is 39.8. The number of carbonyl (C=O) groups excluding carboxylic acids is 3. The van der Waals surface area contributed by atoms with Gasteiger partial charge in [0.05, 0.1) is 36.5 Å². The average molecular weight is 387 g/mol. The van der Waals surface area contributed by atoms with Crippen LogP contribution in [0.1, 0.15) is 51.8 Å². The molecular weight excluding hydrogens is 366 g/mol. The van der Waals surface area contributed by atoms with Crippen molar-refractivity contribution < 1.29 is 33.3 Å². The van der Waals surface area contributed by atoms with E-state index in [4.69, 9.17) is 18.9 Å². The maximum atomic E-state index is 12.1. The molecule has 1 aromatic carbocycles. The van der Waals surface area contributed by atoms with Crippen molar-refractivity contribution >= 4 is 17.9 Å². The van der Waals surface area contributed by atoms with Crippen LogP contribution in [0.5, 0.6) is 11.6 Å². The molecule has 148 valence electrons. The van der Waals surface area contributed by atoms with Gasteiger partial charge in [-0.3, -0.25) is 0 Å². The van der Waals surface area contributed by atoms with Gasteiger partial charge in [0.25, 0.3) is 0 Å². The lowest BCUT2D eigenvalue weighted by molar-refractivity contribution is 0.0511. The highest BCUT2D eigenvalue weighted by Crippen LogP contribution is 2.24. The smallest absolute Gasteiger partial charge is 0.339 e. The van der Waals surface area contributed by atoms with E-state index in [9.17, 15) is 14.4 Å². The molecule has 0 aliphatic heterocycles. The van der Waals surface area contributed by atoms with Crippen molar-refractivity contribution in [2.24, 2.45) is 0 Å². The van der Waals surface area contributed by atoms with E-state index in [1.807, 2.05) is 0 Å². The predicted molar refractivity (Wildman–Crippen MR) is 98.6 cm³/mol. The number of benzene rings is 1. The number of hydrogen-bond donors (Lipinski definition) is 0. The first-order valence-electron chi connectivity index (χ1n) is 8.78. The van der Waals surface area contributed by atoms with Crippen molar-refractivity contribution in [1.82, 2.24) is 4.98 Å². The fourth-order valence-corrected chi connectivity index (χ4v) is 2.22. The zero-order valence-corrected chi connectivity index (χ0v) is 15.9. The molecule has 8 heteroatoms. The van der Waals surface area contributed by atoms with E-state index in [0.29, 0.717) is 0 Å². The molecule has 1 heterocycles. The lowest BCUT2D eigenvalue weighted by Crippen LogP contribution is -2.09. The van der Waals surface area contributed by atoms with Gasteiger partial charge < -0.3 is 18.9 Å². The predicted octanol–water partition coefficient (Wildman–Crippen LogP) is 3.40. The van der Waals surface area contributed by atoms with Gasteiger partial charge in [0.2, 0.25) is 5.88 Å². The van der Waals surface area contributed by atoms with Gasteiger partial charge in [0.15, 0.2) is 0 Å². The van der Waals surface area contributed by atoms with Crippen molar-refractivity contribution in [2.75, 3.05) is 19.8 Å². The highest BCUT2D eigenvalue weighted by atomic mass is 16.5. The lowest BCUT2D eigenvalue weighted by atomic mass is 10.1. The first-order valence-corrected chi connectivity index (χ1v) is 8.78. The third-order valence-corrected chi connectivity index (χ3v) is 3.40. The molecule has 0 unspecified atom stereocenters. The Morgan fingerprint density at radius 3 is 1.68 bits per heavy atom. The molecule has 0 aliphatic rings. The average Bonchev–Trinajstić information content (AvgIpc) is 2.69. The SMILES string of the molecule is CCOC(=O)c1ccc(Oc2cc(C(=O)OCC)cc(C(=O)OCC)c2)nc1. The molecular formula is C20H21NO7. The molecule has 0 spiro atoms. The summed E-state index contributed by atoms with van der Waals surface area (Å²) in [6, 6.07) is 7.22. The molecule has 1 aromatic heterocycles. The van der Waals surface area contributed by atoms with Crippen LogP contribution < -0.4 is 4.74 Å².